The molecule has 0 spiro atoms. The smallest absolute Gasteiger partial charge is 0.357 e. The number of aromatic amines is 1. The minimum absolute atomic E-state index is 0.0953. The first-order valence-electron chi connectivity index (χ1n) is 13.0. The highest BCUT2D eigenvalue weighted by atomic mass is 32.3. The largest absolute Gasteiger partial charge is 0.488 e. The van der Waals surface area contributed by atoms with Crippen LogP contribution < -0.4 is 9.61 Å². The summed E-state index contributed by atoms with van der Waals surface area (Å²) in [7, 11) is -3.18. The molecule has 0 radical (unpaired) electrons. The second kappa shape index (κ2) is 9.73. The molecule has 204 valence electrons. The zero-order chi connectivity index (χ0) is 28.2. The number of nitrogens with one attached hydrogen (secondary N) is 1. The number of aryl methyl sites for hydroxylation is 1. The van der Waals surface area contributed by atoms with Gasteiger partial charge >= 0.3 is 10.5 Å². The Morgan fingerprint density at radius 3 is 2.67 bits per heavy atom. The summed E-state index contributed by atoms with van der Waals surface area (Å²) < 4.78 is 42.1. The molecule has 1 aliphatic rings. The zero-order valence-electron chi connectivity index (χ0n) is 21.9. The molecule has 0 unspecified atom stereocenters. The molecule has 6 rings (SSSR count). The number of nitrogens with zero attached hydrogens (tertiary/aromatic N) is 4. The number of hydrogen-bond acceptors (Lipinski definition) is 7. The van der Waals surface area contributed by atoms with Crippen LogP contribution in [0.3, 0.4) is 0 Å². The maximum Gasteiger partial charge on any atom is 0.488 e. The third kappa shape index (κ3) is 4.49. The van der Waals surface area contributed by atoms with Gasteiger partial charge in [-0.1, -0.05) is 23.3 Å². The number of hydrogen-bond donors (Lipinski definition) is 1. The van der Waals surface area contributed by atoms with Gasteiger partial charge in [0.1, 0.15) is 5.65 Å². The van der Waals surface area contributed by atoms with E-state index in [1.54, 1.807) is 18.3 Å². The van der Waals surface area contributed by atoms with E-state index in [0.29, 0.717) is 34.0 Å². The Morgan fingerprint density at radius 1 is 1.18 bits per heavy atom. The molecule has 2 aromatic carbocycles. The van der Waals surface area contributed by atoms with E-state index < -0.39 is 10.5 Å². The molecule has 1 aliphatic heterocycles. The molecule has 1 N–H and O–H groups in total. The van der Waals surface area contributed by atoms with Crippen LogP contribution in [-0.4, -0.2) is 48.0 Å². The maximum atomic E-state index is 14.1. The molecule has 40 heavy (non-hydrogen) atoms. The Morgan fingerprint density at radius 2 is 1.98 bits per heavy atom. The highest BCUT2D eigenvalue weighted by Gasteiger charge is 2.29. The maximum absolute atomic E-state index is 14.1. The van der Waals surface area contributed by atoms with Gasteiger partial charge in [0.05, 0.1) is 34.8 Å². The molecule has 3 aromatic heterocycles. The van der Waals surface area contributed by atoms with Crippen LogP contribution in [-0.2, 0) is 16.9 Å². The summed E-state index contributed by atoms with van der Waals surface area (Å²) in [5.74, 6) is -0.237. The molecule has 0 bridgehead atoms. The van der Waals surface area contributed by atoms with Crippen LogP contribution >= 0.6 is 0 Å². The number of rotatable bonds is 7. The van der Waals surface area contributed by atoms with E-state index in [0.717, 1.165) is 59.7 Å². The molecule has 1 fully saturated rings. The molecule has 1 saturated heterocycles. The van der Waals surface area contributed by atoms with Gasteiger partial charge in [-0.25, -0.2) is 0 Å². The van der Waals surface area contributed by atoms with Crippen LogP contribution in [0.4, 0.5) is 3.89 Å². The SMILES string of the molecule is CCCCc1cc2c(=O)c3c4ccc(C#N)cc4[nH]c3n(C3CN(C)C3)c2cc1-c1cncc(OS(=O)(=O)F)c1. The molecule has 11 heteroatoms. The molecule has 0 atom stereocenters. The van der Waals surface area contributed by atoms with E-state index >= 15 is 0 Å². The van der Waals surface area contributed by atoms with Gasteiger partial charge in [-0.2, -0.15) is 13.7 Å². The number of unbranched alkanes of at least 4 members (excludes halogenated alkanes) is 1. The quantitative estimate of drug-likeness (QED) is 0.279. The number of likely N-dealkylation sites (N-methyl/N-ethyl adjacent to an activating group) is 1. The lowest BCUT2D eigenvalue weighted by Gasteiger charge is -2.39. The lowest BCUT2D eigenvalue weighted by atomic mass is 9.93. The molecular weight excluding hydrogens is 533 g/mol. The lowest BCUT2D eigenvalue weighted by molar-refractivity contribution is 0.146. The van der Waals surface area contributed by atoms with Gasteiger partial charge in [-0.3, -0.25) is 9.78 Å². The van der Waals surface area contributed by atoms with Crippen LogP contribution in [0.15, 0.2) is 53.6 Å². The van der Waals surface area contributed by atoms with Crippen molar-refractivity contribution in [1.29, 1.82) is 5.26 Å². The van der Waals surface area contributed by atoms with E-state index in [1.165, 1.54) is 6.07 Å². The van der Waals surface area contributed by atoms with Crippen molar-refractivity contribution < 1.29 is 16.5 Å². The number of H-pyrrole nitrogens is 1. The van der Waals surface area contributed by atoms with Crippen LogP contribution in [0.2, 0.25) is 0 Å². The fourth-order valence-electron chi connectivity index (χ4n) is 5.71. The standard InChI is InChI=1S/C29H26FN5O4S/c1-3-4-5-18-10-24-26(11-23(18)19-9-21(14-32-13-19)39-40(30,37)38)35(20-15-34(2)16-20)29-27(28(24)36)22-7-6-17(12-31)8-25(22)33-29/h6-11,13-14,20,33H,3-5,15-16H2,1-2H3. The predicted octanol–water partition coefficient (Wildman–Crippen LogP) is 4.99. The van der Waals surface area contributed by atoms with Crippen molar-refractivity contribution in [2.75, 3.05) is 20.1 Å². The number of likely N-dealkylation sites (tertiary alicyclic amines) is 1. The summed E-state index contributed by atoms with van der Waals surface area (Å²) in [6.07, 6.45) is 5.18. The van der Waals surface area contributed by atoms with Gasteiger partial charge < -0.3 is 18.6 Å². The summed E-state index contributed by atoms with van der Waals surface area (Å²) in [6.45, 7) is 3.66. The minimum atomic E-state index is -5.22. The number of fused-ring (bicyclic) bond motifs is 4. The Bertz CT molecular complexity index is 2020. The highest BCUT2D eigenvalue weighted by Crippen LogP contribution is 2.36. The van der Waals surface area contributed by atoms with Gasteiger partial charge in [-0.05, 0) is 61.3 Å². The molecule has 0 amide bonds. The van der Waals surface area contributed by atoms with Gasteiger partial charge in [0.15, 0.2) is 11.2 Å². The Labute approximate surface area is 229 Å². The van der Waals surface area contributed by atoms with Gasteiger partial charge in [0.25, 0.3) is 0 Å². The molecule has 4 heterocycles. The van der Waals surface area contributed by atoms with Crippen molar-refractivity contribution in [3.63, 3.8) is 0 Å². The normalized spacial score (nSPS) is 14.6. The Kier molecular flexibility index (Phi) is 6.32. The van der Waals surface area contributed by atoms with Crippen LogP contribution in [0.5, 0.6) is 5.75 Å². The van der Waals surface area contributed by atoms with Crippen molar-refractivity contribution in [2.24, 2.45) is 0 Å². The van der Waals surface area contributed by atoms with Gasteiger partial charge in [-0.15, -0.1) is 0 Å². The summed E-state index contributed by atoms with van der Waals surface area (Å²) in [6, 6.07) is 12.8. The first kappa shape index (κ1) is 26.0. The summed E-state index contributed by atoms with van der Waals surface area (Å²) in [4.78, 5) is 23.8. The number of aromatic nitrogens is 3. The van der Waals surface area contributed by atoms with Crippen LogP contribution in [0.25, 0.3) is 44.0 Å². The van der Waals surface area contributed by atoms with Crippen molar-refractivity contribution in [3.8, 4) is 22.9 Å². The summed E-state index contributed by atoms with van der Waals surface area (Å²) in [5.41, 5.74) is 4.74. The molecule has 0 aliphatic carbocycles. The first-order valence-corrected chi connectivity index (χ1v) is 14.3. The van der Waals surface area contributed by atoms with Crippen molar-refractivity contribution >= 4 is 43.3 Å². The van der Waals surface area contributed by atoms with Crippen LogP contribution in [0.1, 0.15) is 36.9 Å². The average molecular weight is 560 g/mol. The summed E-state index contributed by atoms with van der Waals surface area (Å²) in [5, 5.41) is 11.3. The van der Waals surface area contributed by atoms with Gasteiger partial charge in [0, 0.05) is 41.1 Å². The topological polar surface area (TPSA) is 121 Å². The zero-order valence-corrected chi connectivity index (χ0v) is 22.8. The third-order valence-electron chi connectivity index (χ3n) is 7.53. The fraction of sp³-hybridized carbons (Fsp3) is 0.276. The average Bonchev–Trinajstić information content (AvgIpc) is 3.28. The predicted molar refractivity (Wildman–Crippen MR) is 151 cm³/mol. The van der Waals surface area contributed by atoms with E-state index in [2.05, 4.69) is 36.6 Å². The second-order valence-electron chi connectivity index (χ2n) is 10.3. The minimum Gasteiger partial charge on any atom is -0.357 e. The monoisotopic (exact) mass is 559 g/mol. The number of halogens is 1. The third-order valence-corrected chi connectivity index (χ3v) is 7.92. The lowest BCUT2D eigenvalue weighted by Crippen LogP contribution is -2.45. The second-order valence-corrected chi connectivity index (χ2v) is 11.3. The van der Waals surface area contributed by atoms with Crippen molar-refractivity contribution in [2.45, 2.75) is 32.2 Å². The Balaban J connectivity index is 1.68. The van der Waals surface area contributed by atoms with E-state index in [9.17, 15) is 22.4 Å². The summed E-state index contributed by atoms with van der Waals surface area (Å²) >= 11 is 0. The molecule has 9 nitrogen and oxygen atoms in total. The highest BCUT2D eigenvalue weighted by molar-refractivity contribution is 7.81. The van der Waals surface area contributed by atoms with Crippen LogP contribution in [0, 0.1) is 11.3 Å². The fourth-order valence-corrected chi connectivity index (χ4v) is 6.03. The Hall–Kier alpha value is -4.27. The molecule has 5 aromatic rings. The van der Waals surface area contributed by atoms with Crippen molar-refractivity contribution in [3.05, 3.63) is 70.1 Å². The van der Waals surface area contributed by atoms with Crippen molar-refractivity contribution in [1.82, 2.24) is 19.4 Å². The van der Waals surface area contributed by atoms with E-state index in [1.807, 2.05) is 25.2 Å². The van der Waals surface area contributed by atoms with E-state index in [-0.39, 0.29) is 17.2 Å². The number of benzene rings is 2. The number of nitriles is 1. The number of pyridine rings is 2. The molecular formula is C29H26FN5O4S. The molecule has 0 saturated carbocycles. The van der Waals surface area contributed by atoms with E-state index in [4.69, 9.17) is 0 Å². The first-order chi connectivity index (χ1) is 19.2. The van der Waals surface area contributed by atoms with Gasteiger partial charge in [0.2, 0.25) is 0 Å².